The second-order valence-electron chi connectivity index (χ2n) is 6.16. The van der Waals surface area contributed by atoms with Gasteiger partial charge in [0.05, 0.1) is 5.92 Å². The molecule has 2 aromatic carbocycles. The van der Waals surface area contributed by atoms with E-state index in [0.29, 0.717) is 13.1 Å². The summed E-state index contributed by atoms with van der Waals surface area (Å²) >= 11 is 3.37. The quantitative estimate of drug-likeness (QED) is 0.869. The number of benzene rings is 2. The summed E-state index contributed by atoms with van der Waals surface area (Å²) in [5, 5.41) is 2.88. The zero-order valence-electron chi connectivity index (χ0n) is 13.5. The summed E-state index contributed by atoms with van der Waals surface area (Å²) in [4.78, 5) is 26.3. The Morgan fingerprint density at radius 2 is 1.83 bits per heavy atom. The van der Waals surface area contributed by atoms with Gasteiger partial charge < -0.3 is 10.2 Å². The number of carbonyl (C=O) groups excluding carboxylic acids is 2. The standard InChI is InChI=1S/C19H19BrN2O2/c1-13-2-4-14(5-3-13)11-22-12-15(10-18(22)23)19(24)21-17-8-6-16(20)7-9-17/h2-9,15H,10-12H2,1H3,(H,21,24)/t15-/m0/s1. The van der Waals surface area contributed by atoms with Gasteiger partial charge in [0.15, 0.2) is 0 Å². The molecule has 1 N–H and O–H groups in total. The number of nitrogens with one attached hydrogen (secondary N) is 1. The predicted molar refractivity (Wildman–Crippen MR) is 97.5 cm³/mol. The van der Waals surface area contributed by atoms with E-state index in [1.807, 2.05) is 55.5 Å². The molecule has 1 heterocycles. The van der Waals surface area contributed by atoms with Crippen LogP contribution >= 0.6 is 15.9 Å². The van der Waals surface area contributed by atoms with Crippen molar-refractivity contribution in [2.75, 3.05) is 11.9 Å². The molecule has 0 radical (unpaired) electrons. The maximum absolute atomic E-state index is 12.4. The molecule has 1 fully saturated rings. The fraction of sp³-hybridized carbons (Fsp3) is 0.263. The molecule has 0 saturated carbocycles. The van der Waals surface area contributed by atoms with Gasteiger partial charge in [0, 0.05) is 29.7 Å². The molecule has 4 nitrogen and oxygen atoms in total. The van der Waals surface area contributed by atoms with Gasteiger partial charge in [0.2, 0.25) is 11.8 Å². The number of halogens is 1. The van der Waals surface area contributed by atoms with E-state index in [2.05, 4.69) is 21.2 Å². The van der Waals surface area contributed by atoms with E-state index in [1.165, 1.54) is 5.56 Å². The molecule has 1 saturated heterocycles. The van der Waals surface area contributed by atoms with E-state index in [1.54, 1.807) is 4.90 Å². The van der Waals surface area contributed by atoms with E-state index in [0.717, 1.165) is 15.7 Å². The molecule has 0 bridgehead atoms. The number of likely N-dealkylation sites (tertiary alicyclic amines) is 1. The van der Waals surface area contributed by atoms with E-state index < -0.39 is 0 Å². The molecule has 5 heteroatoms. The number of anilines is 1. The SMILES string of the molecule is Cc1ccc(CN2C[C@@H](C(=O)Nc3ccc(Br)cc3)CC2=O)cc1. The normalized spacial score (nSPS) is 17.2. The van der Waals surface area contributed by atoms with E-state index >= 15 is 0 Å². The first-order chi connectivity index (χ1) is 11.5. The van der Waals surface area contributed by atoms with Crippen molar-refractivity contribution in [1.82, 2.24) is 4.90 Å². The summed E-state index contributed by atoms with van der Waals surface area (Å²) in [6.45, 7) is 3.06. The molecule has 1 aliphatic rings. The first kappa shape index (κ1) is 16.7. The lowest BCUT2D eigenvalue weighted by atomic mass is 10.1. The van der Waals surface area contributed by atoms with E-state index in [-0.39, 0.29) is 24.2 Å². The van der Waals surface area contributed by atoms with Crippen molar-refractivity contribution in [3.63, 3.8) is 0 Å². The van der Waals surface area contributed by atoms with Crippen molar-refractivity contribution in [2.24, 2.45) is 5.92 Å². The average Bonchev–Trinajstić information content (AvgIpc) is 2.93. The summed E-state index contributed by atoms with van der Waals surface area (Å²) in [6, 6.07) is 15.5. The molecule has 1 aliphatic heterocycles. The highest BCUT2D eigenvalue weighted by atomic mass is 79.9. The lowest BCUT2D eigenvalue weighted by Crippen LogP contribution is -2.28. The van der Waals surface area contributed by atoms with E-state index in [4.69, 9.17) is 0 Å². The Hall–Kier alpha value is -2.14. The third kappa shape index (κ3) is 4.03. The van der Waals surface area contributed by atoms with Gasteiger partial charge in [-0.2, -0.15) is 0 Å². The van der Waals surface area contributed by atoms with Gasteiger partial charge in [-0.3, -0.25) is 9.59 Å². The number of rotatable bonds is 4. The van der Waals surface area contributed by atoms with Crippen molar-refractivity contribution in [1.29, 1.82) is 0 Å². The highest BCUT2D eigenvalue weighted by Crippen LogP contribution is 2.22. The second-order valence-corrected chi connectivity index (χ2v) is 7.07. The summed E-state index contributed by atoms with van der Waals surface area (Å²) in [5.74, 6) is -0.366. The molecular weight excluding hydrogens is 368 g/mol. The molecule has 0 spiro atoms. The van der Waals surface area contributed by atoms with Crippen LogP contribution in [0, 0.1) is 12.8 Å². The van der Waals surface area contributed by atoms with Gasteiger partial charge in [-0.1, -0.05) is 45.8 Å². The molecule has 124 valence electrons. The number of amides is 2. The second kappa shape index (κ2) is 7.18. The monoisotopic (exact) mass is 386 g/mol. The maximum atomic E-state index is 12.4. The first-order valence-corrected chi connectivity index (χ1v) is 8.70. The number of hydrogen-bond donors (Lipinski definition) is 1. The first-order valence-electron chi connectivity index (χ1n) is 7.91. The van der Waals surface area contributed by atoms with Crippen LogP contribution in [0.5, 0.6) is 0 Å². The third-order valence-corrected chi connectivity index (χ3v) is 4.72. The minimum absolute atomic E-state index is 0.0338. The average molecular weight is 387 g/mol. The Bertz CT molecular complexity index is 741. The lowest BCUT2D eigenvalue weighted by Gasteiger charge is -2.17. The number of carbonyl (C=O) groups is 2. The van der Waals surface area contributed by atoms with Crippen LogP contribution in [0.1, 0.15) is 17.5 Å². The summed E-state index contributed by atoms with van der Waals surface area (Å²) in [5.41, 5.74) is 3.02. The van der Waals surface area contributed by atoms with Crippen LogP contribution in [0.4, 0.5) is 5.69 Å². The topological polar surface area (TPSA) is 49.4 Å². The maximum Gasteiger partial charge on any atom is 0.229 e. The van der Waals surface area contributed by atoms with Crippen LogP contribution < -0.4 is 5.32 Å². The molecule has 3 rings (SSSR count). The zero-order valence-corrected chi connectivity index (χ0v) is 15.0. The predicted octanol–water partition coefficient (Wildman–Crippen LogP) is 3.74. The minimum Gasteiger partial charge on any atom is -0.338 e. The highest BCUT2D eigenvalue weighted by molar-refractivity contribution is 9.10. The Balaban J connectivity index is 1.60. The van der Waals surface area contributed by atoms with Gasteiger partial charge in [0.25, 0.3) is 0 Å². The van der Waals surface area contributed by atoms with Crippen LogP contribution in [0.25, 0.3) is 0 Å². The fourth-order valence-corrected chi connectivity index (χ4v) is 3.06. The Kier molecular flexibility index (Phi) is 5.00. The van der Waals surface area contributed by atoms with Crippen LogP contribution in [-0.2, 0) is 16.1 Å². The van der Waals surface area contributed by atoms with Gasteiger partial charge in [0.1, 0.15) is 0 Å². The van der Waals surface area contributed by atoms with Crippen LogP contribution in [0.2, 0.25) is 0 Å². The Labute approximate surface area is 150 Å². The molecule has 0 unspecified atom stereocenters. The smallest absolute Gasteiger partial charge is 0.229 e. The van der Waals surface area contributed by atoms with Crippen molar-refractivity contribution in [3.05, 3.63) is 64.1 Å². The largest absolute Gasteiger partial charge is 0.338 e. The summed E-state index contributed by atoms with van der Waals surface area (Å²) in [6.07, 6.45) is 0.272. The molecule has 2 amide bonds. The Morgan fingerprint density at radius 1 is 1.17 bits per heavy atom. The zero-order chi connectivity index (χ0) is 17.1. The number of hydrogen-bond acceptors (Lipinski definition) is 2. The van der Waals surface area contributed by atoms with Crippen molar-refractivity contribution in [2.45, 2.75) is 19.9 Å². The number of aryl methyl sites for hydroxylation is 1. The summed E-state index contributed by atoms with van der Waals surface area (Å²) < 4.78 is 0.959. The van der Waals surface area contributed by atoms with Crippen LogP contribution in [0.3, 0.4) is 0 Å². The van der Waals surface area contributed by atoms with Gasteiger partial charge in [-0.05, 0) is 36.8 Å². The van der Waals surface area contributed by atoms with Gasteiger partial charge in [-0.25, -0.2) is 0 Å². The summed E-state index contributed by atoms with van der Waals surface area (Å²) in [7, 11) is 0. The molecule has 2 aromatic rings. The van der Waals surface area contributed by atoms with Crippen molar-refractivity contribution in [3.8, 4) is 0 Å². The molecule has 0 aliphatic carbocycles. The van der Waals surface area contributed by atoms with Crippen molar-refractivity contribution < 1.29 is 9.59 Å². The Morgan fingerprint density at radius 3 is 2.50 bits per heavy atom. The number of nitrogens with zero attached hydrogens (tertiary/aromatic N) is 1. The van der Waals surface area contributed by atoms with E-state index in [9.17, 15) is 9.59 Å². The third-order valence-electron chi connectivity index (χ3n) is 4.19. The molecule has 24 heavy (non-hydrogen) atoms. The fourth-order valence-electron chi connectivity index (χ4n) is 2.79. The molecular formula is C19H19BrN2O2. The molecule has 0 aromatic heterocycles. The van der Waals surface area contributed by atoms with Gasteiger partial charge >= 0.3 is 0 Å². The lowest BCUT2D eigenvalue weighted by molar-refractivity contribution is -0.128. The van der Waals surface area contributed by atoms with Crippen LogP contribution in [-0.4, -0.2) is 23.3 Å². The minimum atomic E-state index is -0.299. The highest BCUT2D eigenvalue weighted by Gasteiger charge is 2.34. The molecule has 1 atom stereocenters. The van der Waals surface area contributed by atoms with Crippen LogP contribution in [0.15, 0.2) is 53.0 Å². The van der Waals surface area contributed by atoms with Crippen molar-refractivity contribution >= 4 is 33.4 Å². The van der Waals surface area contributed by atoms with Gasteiger partial charge in [-0.15, -0.1) is 0 Å².